The fourth-order valence-electron chi connectivity index (χ4n) is 5.11. The standard InChI is InChI=1S/C24H30N6O2/c1-17-4-7-19(13-27-17)21(31)29-11-2-8-24(22(32)28-12-18-5-6-18)16-30(15-20(24)14-29)23-25-9-3-10-26-23/h3-4,7,9-10,13,18,20H,2,5-6,8,11-12,14-16H2,1H3,(H,28,32)/t20-,24-/m0/s1. The number of amides is 2. The number of rotatable bonds is 5. The zero-order valence-electron chi connectivity index (χ0n) is 18.5. The Kier molecular flexibility index (Phi) is 5.53. The molecular weight excluding hydrogens is 404 g/mol. The van der Waals surface area contributed by atoms with E-state index in [0.29, 0.717) is 43.6 Å². The number of carbonyl (C=O) groups excluding carboxylic acids is 2. The van der Waals surface area contributed by atoms with Crippen LogP contribution in [0.15, 0.2) is 36.8 Å². The molecule has 2 atom stereocenters. The highest BCUT2D eigenvalue weighted by Crippen LogP contribution is 2.44. The predicted molar refractivity (Wildman–Crippen MR) is 120 cm³/mol. The van der Waals surface area contributed by atoms with Gasteiger partial charge in [0.05, 0.1) is 11.0 Å². The van der Waals surface area contributed by atoms with Crippen LogP contribution in [0.25, 0.3) is 0 Å². The Bertz CT molecular complexity index is 978. The molecule has 32 heavy (non-hydrogen) atoms. The van der Waals surface area contributed by atoms with Crippen molar-refractivity contribution in [2.75, 3.05) is 37.6 Å². The fraction of sp³-hybridized carbons (Fsp3) is 0.542. The Morgan fingerprint density at radius 1 is 1.16 bits per heavy atom. The highest BCUT2D eigenvalue weighted by Gasteiger charge is 2.54. The van der Waals surface area contributed by atoms with Crippen molar-refractivity contribution in [1.29, 1.82) is 0 Å². The van der Waals surface area contributed by atoms with E-state index in [1.807, 2.05) is 24.0 Å². The highest BCUT2D eigenvalue weighted by atomic mass is 16.2. The zero-order valence-corrected chi connectivity index (χ0v) is 18.5. The smallest absolute Gasteiger partial charge is 0.255 e. The molecule has 3 fully saturated rings. The molecule has 1 aliphatic carbocycles. The molecule has 2 aliphatic heterocycles. The largest absolute Gasteiger partial charge is 0.355 e. The minimum Gasteiger partial charge on any atom is -0.355 e. The van der Waals surface area contributed by atoms with Crippen molar-refractivity contribution >= 4 is 17.8 Å². The average molecular weight is 435 g/mol. The molecule has 8 nitrogen and oxygen atoms in total. The van der Waals surface area contributed by atoms with Crippen molar-refractivity contribution in [1.82, 2.24) is 25.2 Å². The summed E-state index contributed by atoms with van der Waals surface area (Å²) >= 11 is 0. The van der Waals surface area contributed by atoms with Crippen molar-refractivity contribution in [3.05, 3.63) is 48.0 Å². The van der Waals surface area contributed by atoms with Crippen LogP contribution in [0.1, 0.15) is 41.7 Å². The first-order chi connectivity index (χ1) is 15.5. The third-order valence-electron chi connectivity index (χ3n) is 7.17. The van der Waals surface area contributed by atoms with E-state index in [9.17, 15) is 9.59 Å². The van der Waals surface area contributed by atoms with E-state index in [1.54, 1.807) is 24.7 Å². The van der Waals surface area contributed by atoms with Crippen LogP contribution in [-0.2, 0) is 4.79 Å². The summed E-state index contributed by atoms with van der Waals surface area (Å²) in [6.45, 7) is 5.12. The van der Waals surface area contributed by atoms with Crippen LogP contribution in [0.3, 0.4) is 0 Å². The summed E-state index contributed by atoms with van der Waals surface area (Å²) in [5.74, 6) is 1.41. The second-order valence-corrected chi connectivity index (χ2v) is 9.48. The maximum Gasteiger partial charge on any atom is 0.255 e. The molecule has 2 amide bonds. The molecule has 1 N–H and O–H groups in total. The number of fused-ring (bicyclic) bond motifs is 1. The number of pyridine rings is 1. The van der Waals surface area contributed by atoms with Gasteiger partial charge in [-0.2, -0.15) is 0 Å². The van der Waals surface area contributed by atoms with Gasteiger partial charge in [0.15, 0.2) is 0 Å². The molecule has 5 rings (SSSR count). The van der Waals surface area contributed by atoms with E-state index in [1.165, 1.54) is 12.8 Å². The fourth-order valence-corrected chi connectivity index (χ4v) is 5.11. The zero-order chi connectivity index (χ0) is 22.1. The molecule has 0 radical (unpaired) electrons. The molecule has 0 spiro atoms. The van der Waals surface area contributed by atoms with E-state index in [0.717, 1.165) is 25.1 Å². The molecule has 3 aliphatic rings. The van der Waals surface area contributed by atoms with E-state index < -0.39 is 5.41 Å². The summed E-state index contributed by atoms with van der Waals surface area (Å²) in [6.07, 6.45) is 9.07. The molecule has 168 valence electrons. The summed E-state index contributed by atoms with van der Waals surface area (Å²) in [4.78, 5) is 44.0. The van der Waals surface area contributed by atoms with Crippen molar-refractivity contribution in [2.45, 2.75) is 32.6 Å². The molecule has 2 aromatic heterocycles. The van der Waals surface area contributed by atoms with Gasteiger partial charge in [0.25, 0.3) is 5.91 Å². The van der Waals surface area contributed by atoms with Crippen LogP contribution in [0.4, 0.5) is 5.95 Å². The van der Waals surface area contributed by atoms with Crippen LogP contribution >= 0.6 is 0 Å². The third kappa shape index (κ3) is 4.06. The quantitative estimate of drug-likeness (QED) is 0.775. The first-order valence-corrected chi connectivity index (χ1v) is 11.6. The summed E-state index contributed by atoms with van der Waals surface area (Å²) in [5, 5.41) is 3.24. The lowest BCUT2D eigenvalue weighted by Crippen LogP contribution is -2.48. The van der Waals surface area contributed by atoms with E-state index in [2.05, 4.69) is 25.2 Å². The molecule has 2 saturated heterocycles. The number of aryl methyl sites for hydroxylation is 1. The van der Waals surface area contributed by atoms with Gasteiger partial charge < -0.3 is 15.1 Å². The van der Waals surface area contributed by atoms with Crippen LogP contribution in [0.5, 0.6) is 0 Å². The number of aromatic nitrogens is 3. The monoisotopic (exact) mass is 434 g/mol. The number of nitrogens with one attached hydrogen (secondary N) is 1. The van der Waals surface area contributed by atoms with Crippen LogP contribution in [-0.4, -0.2) is 64.4 Å². The summed E-state index contributed by atoms with van der Waals surface area (Å²) < 4.78 is 0. The lowest BCUT2D eigenvalue weighted by Gasteiger charge is -2.32. The van der Waals surface area contributed by atoms with Gasteiger partial charge in [-0.1, -0.05) is 0 Å². The topological polar surface area (TPSA) is 91.3 Å². The second kappa shape index (κ2) is 8.48. The first kappa shape index (κ1) is 20.8. The van der Waals surface area contributed by atoms with Crippen molar-refractivity contribution < 1.29 is 9.59 Å². The number of hydrogen-bond acceptors (Lipinski definition) is 6. The van der Waals surface area contributed by atoms with Crippen LogP contribution < -0.4 is 10.2 Å². The van der Waals surface area contributed by atoms with Crippen molar-refractivity contribution in [3.8, 4) is 0 Å². The number of hydrogen-bond donors (Lipinski definition) is 1. The number of carbonyl (C=O) groups is 2. The summed E-state index contributed by atoms with van der Waals surface area (Å²) in [6, 6.07) is 5.50. The van der Waals surface area contributed by atoms with Crippen molar-refractivity contribution in [2.24, 2.45) is 17.3 Å². The third-order valence-corrected chi connectivity index (χ3v) is 7.17. The van der Waals surface area contributed by atoms with Gasteiger partial charge in [-0.15, -0.1) is 0 Å². The molecule has 1 saturated carbocycles. The number of likely N-dealkylation sites (tertiary alicyclic amines) is 1. The Hall–Kier alpha value is -3.03. The molecule has 2 aromatic rings. The Morgan fingerprint density at radius 3 is 2.69 bits per heavy atom. The van der Waals surface area contributed by atoms with E-state index in [4.69, 9.17) is 0 Å². The lowest BCUT2D eigenvalue weighted by atomic mass is 9.74. The molecule has 0 unspecified atom stereocenters. The molecule has 0 bridgehead atoms. The molecule has 0 aromatic carbocycles. The van der Waals surface area contributed by atoms with Gasteiger partial charge in [-0.3, -0.25) is 14.6 Å². The van der Waals surface area contributed by atoms with Gasteiger partial charge >= 0.3 is 0 Å². The van der Waals surface area contributed by atoms with Gasteiger partial charge in [-0.25, -0.2) is 9.97 Å². The van der Waals surface area contributed by atoms with Crippen molar-refractivity contribution in [3.63, 3.8) is 0 Å². The second-order valence-electron chi connectivity index (χ2n) is 9.48. The lowest BCUT2D eigenvalue weighted by molar-refractivity contribution is -0.132. The van der Waals surface area contributed by atoms with Gasteiger partial charge in [0.2, 0.25) is 11.9 Å². The van der Waals surface area contributed by atoms with Gasteiger partial charge in [0.1, 0.15) is 0 Å². The number of nitrogens with zero attached hydrogens (tertiary/aromatic N) is 5. The minimum absolute atomic E-state index is 0.0129. The Labute approximate surface area is 188 Å². The maximum absolute atomic E-state index is 13.6. The molecule has 8 heteroatoms. The normalized spacial score (nSPS) is 25.2. The minimum atomic E-state index is -0.533. The van der Waals surface area contributed by atoms with Gasteiger partial charge in [0, 0.05) is 62.9 Å². The predicted octanol–water partition coefficient (Wildman–Crippen LogP) is 2.07. The molecule has 4 heterocycles. The highest BCUT2D eigenvalue weighted by molar-refractivity contribution is 5.94. The SMILES string of the molecule is Cc1ccc(C(=O)N2CCC[C@]3(C(=O)NCC4CC4)CN(c4ncccn4)C[C@@H]3C2)cn1. The number of anilines is 1. The van der Waals surface area contributed by atoms with E-state index in [-0.39, 0.29) is 17.7 Å². The summed E-state index contributed by atoms with van der Waals surface area (Å²) in [5.41, 5.74) is 0.954. The van der Waals surface area contributed by atoms with E-state index >= 15 is 0 Å². The average Bonchev–Trinajstić information content (AvgIpc) is 3.61. The maximum atomic E-state index is 13.6. The molecular formula is C24H30N6O2. The Balaban J connectivity index is 1.40. The summed E-state index contributed by atoms with van der Waals surface area (Å²) in [7, 11) is 0. The first-order valence-electron chi connectivity index (χ1n) is 11.6. The van der Waals surface area contributed by atoms with Crippen LogP contribution in [0.2, 0.25) is 0 Å². The van der Waals surface area contributed by atoms with Gasteiger partial charge in [-0.05, 0) is 56.7 Å². The van der Waals surface area contributed by atoms with Crippen LogP contribution in [0, 0.1) is 24.2 Å². The Morgan fingerprint density at radius 2 is 1.97 bits per heavy atom.